The van der Waals surface area contributed by atoms with Crippen molar-refractivity contribution in [3.05, 3.63) is 54.3 Å². The lowest BCUT2D eigenvalue weighted by molar-refractivity contribution is 0.631. The van der Waals surface area contributed by atoms with Crippen molar-refractivity contribution in [2.75, 3.05) is 12.3 Å². The molecule has 0 amide bonds. The quantitative estimate of drug-likeness (QED) is 0.652. The SMILES string of the molecule is NCCCSc1ccc(-c2ccccc2F)cc1. The number of nitrogens with two attached hydrogens (primary N) is 1. The molecule has 18 heavy (non-hydrogen) atoms. The Kier molecular flexibility index (Phi) is 4.79. The molecule has 0 fully saturated rings. The molecule has 0 spiro atoms. The van der Waals surface area contributed by atoms with Crippen molar-refractivity contribution in [1.82, 2.24) is 0 Å². The summed E-state index contributed by atoms with van der Waals surface area (Å²) in [6.45, 7) is 0.723. The second-order valence-corrected chi connectivity index (χ2v) is 5.16. The molecule has 0 heterocycles. The number of thioether (sulfide) groups is 1. The van der Waals surface area contributed by atoms with Crippen molar-refractivity contribution >= 4 is 11.8 Å². The third-order valence-electron chi connectivity index (χ3n) is 2.66. The van der Waals surface area contributed by atoms with Crippen molar-refractivity contribution < 1.29 is 4.39 Å². The Hall–Kier alpha value is -1.32. The molecule has 0 saturated heterocycles. The van der Waals surface area contributed by atoms with Crippen LogP contribution in [0.3, 0.4) is 0 Å². The first-order chi connectivity index (χ1) is 8.81. The van der Waals surface area contributed by atoms with Crippen LogP contribution in [0.2, 0.25) is 0 Å². The lowest BCUT2D eigenvalue weighted by atomic mass is 10.1. The molecule has 0 aromatic heterocycles. The van der Waals surface area contributed by atoms with E-state index >= 15 is 0 Å². The highest BCUT2D eigenvalue weighted by molar-refractivity contribution is 7.99. The Balaban J connectivity index is 2.10. The fraction of sp³-hybridized carbons (Fsp3) is 0.200. The van der Waals surface area contributed by atoms with Gasteiger partial charge in [0, 0.05) is 10.5 Å². The van der Waals surface area contributed by atoms with Crippen LogP contribution in [0, 0.1) is 5.82 Å². The van der Waals surface area contributed by atoms with E-state index in [0.29, 0.717) is 5.56 Å². The van der Waals surface area contributed by atoms with Crippen LogP contribution in [-0.4, -0.2) is 12.3 Å². The maximum atomic E-state index is 13.6. The molecule has 3 heteroatoms. The van der Waals surface area contributed by atoms with Crippen LogP contribution in [0.15, 0.2) is 53.4 Å². The summed E-state index contributed by atoms with van der Waals surface area (Å²) in [6, 6.07) is 14.8. The van der Waals surface area contributed by atoms with Crippen molar-refractivity contribution in [3.8, 4) is 11.1 Å². The van der Waals surface area contributed by atoms with E-state index in [1.807, 2.05) is 30.3 Å². The number of hydrogen-bond acceptors (Lipinski definition) is 2. The van der Waals surface area contributed by atoms with E-state index in [1.54, 1.807) is 23.9 Å². The highest BCUT2D eigenvalue weighted by atomic mass is 32.2. The number of rotatable bonds is 5. The predicted molar refractivity (Wildman–Crippen MR) is 76.2 cm³/mol. The average molecular weight is 261 g/mol. The van der Waals surface area contributed by atoms with Gasteiger partial charge in [-0.2, -0.15) is 0 Å². The molecule has 0 aliphatic rings. The summed E-state index contributed by atoms with van der Waals surface area (Å²) in [5, 5.41) is 0. The van der Waals surface area contributed by atoms with E-state index in [0.717, 1.165) is 24.3 Å². The lowest BCUT2D eigenvalue weighted by Crippen LogP contribution is -1.99. The van der Waals surface area contributed by atoms with Gasteiger partial charge in [0.25, 0.3) is 0 Å². The highest BCUT2D eigenvalue weighted by Crippen LogP contribution is 2.26. The van der Waals surface area contributed by atoms with E-state index in [2.05, 4.69) is 0 Å². The Morgan fingerprint density at radius 2 is 1.72 bits per heavy atom. The minimum Gasteiger partial charge on any atom is -0.330 e. The molecule has 2 N–H and O–H groups in total. The van der Waals surface area contributed by atoms with Crippen LogP contribution in [0.4, 0.5) is 4.39 Å². The molecule has 0 unspecified atom stereocenters. The zero-order valence-corrected chi connectivity index (χ0v) is 10.9. The largest absolute Gasteiger partial charge is 0.330 e. The Morgan fingerprint density at radius 1 is 1.00 bits per heavy atom. The first-order valence-corrected chi connectivity index (χ1v) is 6.97. The van der Waals surface area contributed by atoms with E-state index in [9.17, 15) is 4.39 Å². The molecule has 0 aliphatic carbocycles. The van der Waals surface area contributed by atoms with Gasteiger partial charge in [-0.15, -0.1) is 11.8 Å². The maximum absolute atomic E-state index is 13.6. The van der Waals surface area contributed by atoms with Gasteiger partial charge in [-0.25, -0.2) is 4.39 Å². The first kappa shape index (κ1) is 13.1. The normalized spacial score (nSPS) is 10.6. The van der Waals surface area contributed by atoms with E-state index in [1.165, 1.54) is 11.0 Å². The highest BCUT2D eigenvalue weighted by Gasteiger charge is 2.03. The van der Waals surface area contributed by atoms with Gasteiger partial charge in [0.05, 0.1) is 0 Å². The van der Waals surface area contributed by atoms with E-state index in [4.69, 9.17) is 5.73 Å². The molecule has 2 rings (SSSR count). The smallest absolute Gasteiger partial charge is 0.131 e. The van der Waals surface area contributed by atoms with Gasteiger partial charge in [-0.05, 0) is 42.5 Å². The third-order valence-corrected chi connectivity index (χ3v) is 3.75. The lowest BCUT2D eigenvalue weighted by Gasteiger charge is -2.05. The summed E-state index contributed by atoms with van der Waals surface area (Å²) >= 11 is 1.78. The van der Waals surface area contributed by atoms with Crippen LogP contribution in [-0.2, 0) is 0 Å². The molecule has 2 aromatic carbocycles. The Bertz CT molecular complexity index is 496. The summed E-state index contributed by atoms with van der Waals surface area (Å²) in [5.41, 5.74) is 7.02. The van der Waals surface area contributed by atoms with Crippen molar-refractivity contribution in [2.45, 2.75) is 11.3 Å². The second-order valence-electron chi connectivity index (χ2n) is 3.99. The fourth-order valence-electron chi connectivity index (χ4n) is 1.70. The number of halogens is 1. The van der Waals surface area contributed by atoms with Crippen molar-refractivity contribution in [1.29, 1.82) is 0 Å². The zero-order chi connectivity index (χ0) is 12.8. The first-order valence-electron chi connectivity index (χ1n) is 5.99. The molecule has 94 valence electrons. The van der Waals surface area contributed by atoms with Crippen molar-refractivity contribution in [3.63, 3.8) is 0 Å². The van der Waals surface area contributed by atoms with Crippen molar-refractivity contribution in [2.24, 2.45) is 5.73 Å². The summed E-state index contributed by atoms with van der Waals surface area (Å²) in [6.07, 6.45) is 1.01. The molecular weight excluding hydrogens is 245 g/mol. The topological polar surface area (TPSA) is 26.0 Å². The van der Waals surface area contributed by atoms with Gasteiger partial charge in [-0.1, -0.05) is 30.3 Å². The van der Waals surface area contributed by atoms with Crippen LogP contribution >= 0.6 is 11.8 Å². The maximum Gasteiger partial charge on any atom is 0.131 e. The van der Waals surface area contributed by atoms with Gasteiger partial charge in [-0.3, -0.25) is 0 Å². The van der Waals surface area contributed by atoms with Gasteiger partial charge in [0.2, 0.25) is 0 Å². The van der Waals surface area contributed by atoms with Crippen LogP contribution in [0.5, 0.6) is 0 Å². The zero-order valence-electron chi connectivity index (χ0n) is 10.1. The molecule has 0 bridgehead atoms. The monoisotopic (exact) mass is 261 g/mol. The van der Waals surface area contributed by atoms with Gasteiger partial charge >= 0.3 is 0 Å². The summed E-state index contributed by atoms with van der Waals surface area (Å²) in [7, 11) is 0. The van der Waals surface area contributed by atoms with Gasteiger partial charge in [0.1, 0.15) is 5.82 Å². The summed E-state index contributed by atoms with van der Waals surface area (Å²) in [4.78, 5) is 1.20. The molecular formula is C15H16FNS. The Labute approximate surface area is 111 Å². The van der Waals surface area contributed by atoms with Crippen LogP contribution < -0.4 is 5.73 Å². The Morgan fingerprint density at radius 3 is 2.39 bits per heavy atom. The fourth-order valence-corrected chi connectivity index (χ4v) is 2.57. The van der Waals surface area contributed by atoms with Gasteiger partial charge < -0.3 is 5.73 Å². The second kappa shape index (κ2) is 6.57. The molecule has 0 saturated carbocycles. The standard InChI is InChI=1S/C15H16FNS/c16-15-5-2-1-4-14(15)12-6-8-13(9-7-12)18-11-3-10-17/h1-2,4-9H,3,10-11,17H2. The third kappa shape index (κ3) is 3.34. The van der Waals surface area contributed by atoms with E-state index in [-0.39, 0.29) is 5.82 Å². The minimum absolute atomic E-state index is 0.180. The average Bonchev–Trinajstić information content (AvgIpc) is 2.41. The molecule has 0 radical (unpaired) electrons. The van der Waals surface area contributed by atoms with E-state index < -0.39 is 0 Å². The molecule has 2 aromatic rings. The summed E-state index contributed by atoms with van der Waals surface area (Å²) in [5.74, 6) is 0.844. The molecule has 0 atom stereocenters. The summed E-state index contributed by atoms with van der Waals surface area (Å²) < 4.78 is 13.6. The number of hydrogen-bond donors (Lipinski definition) is 1. The molecule has 1 nitrogen and oxygen atoms in total. The predicted octanol–water partition coefficient (Wildman–Crippen LogP) is 3.93. The molecule has 0 aliphatic heterocycles. The van der Waals surface area contributed by atoms with Crippen LogP contribution in [0.1, 0.15) is 6.42 Å². The van der Waals surface area contributed by atoms with Crippen LogP contribution in [0.25, 0.3) is 11.1 Å². The number of benzene rings is 2. The van der Waals surface area contributed by atoms with Gasteiger partial charge in [0.15, 0.2) is 0 Å². The minimum atomic E-state index is -0.180.